The number of benzene rings is 1. The van der Waals surface area contributed by atoms with Crippen LogP contribution in [0.2, 0.25) is 10.0 Å². The average Bonchev–Trinajstić information content (AvgIpc) is 3.35. The Labute approximate surface area is 204 Å². The number of rotatable bonds is 10. The lowest BCUT2D eigenvalue weighted by Gasteiger charge is -2.09. The summed E-state index contributed by atoms with van der Waals surface area (Å²) in [7, 11) is 0. The van der Waals surface area contributed by atoms with Gasteiger partial charge in [0.05, 0.1) is 33.5 Å². The van der Waals surface area contributed by atoms with Gasteiger partial charge in [-0.05, 0) is 56.5 Å². The van der Waals surface area contributed by atoms with Crippen molar-refractivity contribution in [3.05, 3.63) is 56.5 Å². The standard InChI is InChI=1S/C24H30Cl2N4OS/c1-4-6-7-8-18-10-12-22(32-18)23-16(3)20(15-28-24(31)27-13-5-2)29-30(23)21-11-9-17(25)14-19(21)26/h9-12,14H,4-8,13,15H2,1-3H3,(H2,27,28,31). The minimum Gasteiger partial charge on any atom is -0.338 e. The molecule has 1 aromatic carbocycles. The van der Waals surface area contributed by atoms with E-state index in [4.69, 9.17) is 28.3 Å². The van der Waals surface area contributed by atoms with E-state index in [1.54, 1.807) is 17.4 Å². The van der Waals surface area contributed by atoms with Gasteiger partial charge in [0, 0.05) is 22.0 Å². The molecule has 5 nitrogen and oxygen atoms in total. The Balaban J connectivity index is 1.96. The van der Waals surface area contributed by atoms with Crippen LogP contribution in [0.1, 0.15) is 55.7 Å². The Morgan fingerprint density at radius 2 is 1.91 bits per heavy atom. The quantitative estimate of drug-likeness (QED) is 0.295. The van der Waals surface area contributed by atoms with Crippen LogP contribution in [0.5, 0.6) is 0 Å². The zero-order chi connectivity index (χ0) is 23.1. The smallest absolute Gasteiger partial charge is 0.315 e. The number of nitrogens with zero attached hydrogens (tertiary/aromatic N) is 2. The number of amides is 2. The van der Waals surface area contributed by atoms with Gasteiger partial charge >= 0.3 is 6.03 Å². The molecule has 3 rings (SSSR count). The zero-order valence-electron chi connectivity index (χ0n) is 18.8. The summed E-state index contributed by atoms with van der Waals surface area (Å²) >= 11 is 14.4. The molecule has 2 heterocycles. The van der Waals surface area contributed by atoms with E-state index in [2.05, 4.69) is 29.7 Å². The number of hydrogen-bond acceptors (Lipinski definition) is 3. The van der Waals surface area contributed by atoms with Gasteiger partial charge in [-0.2, -0.15) is 5.10 Å². The number of carbonyl (C=O) groups excluding carboxylic acids is 1. The lowest BCUT2D eigenvalue weighted by Crippen LogP contribution is -2.35. The summed E-state index contributed by atoms with van der Waals surface area (Å²) in [5.41, 5.74) is 3.58. The number of nitrogens with one attached hydrogen (secondary N) is 2. The average molecular weight is 494 g/mol. The fourth-order valence-corrected chi connectivity index (χ4v) is 5.11. The zero-order valence-corrected chi connectivity index (χ0v) is 21.1. The molecule has 0 aliphatic rings. The Morgan fingerprint density at radius 1 is 1.09 bits per heavy atom. The molecule has 0 spiro atoms. The molecule has 8 heteroatoms. The molecule has 0 atom stereocenters. The summed E-state index contributed by atoms with van der Waals surface area (Å²) in [4.78, 5) is 14.5. The predicted molar refractivity (Wildman–Crippen MR) is 135 cm³/mol. The number of thiophene rings is 1. The van der Waals surface area contributed by atoms with Gasteiger partial charge in [-0.1, -0.05) is 49.9 Å². The highest BCUT2D eigenvalue weighted by molar-refractivity contribution is 7.15. The van der Waals surface area contributed by atoms with E-state index in [1.807, 2.05) is 30.7 Å². The third-order valence-electron chi connectivity index (χ3n) is 5.23. The number of unbranched alkanes of at least 4 members (excludes halogenated alkanes) is 2. The summed E-state index contributed by atoms with van der Waals surface area (Å²) in [5, 5.41) is 11.7. The minimum absolute atomic E-state index is 0.193. The van der Waals surface area contributed by atoms with Crippen LogP contribution in [-0.4, -0.2) is 22.4 Å². The normalized spacial score (nSPS) is 11.0. The van der Waals surface area contributed by atoms with E-state index >= 15 is 0 Å². The molecule has 0 aliphatic carbocycles. The van der Waals surface area contributed by atoms with Gasteiger partial charge in [0.15, 0.2) is 0 Å². The maximum Gasteiger partial charge on any atom is 0.315 e. The van der Waals surface area contributed by atoms with Gasteiger partial charge in [-0.15, -0.1) is 11.3 Å². The largest absolute Gasteiger partial charge is 0.338 e. The van der Waals surface area contributed by atoms with Crippen LogP contribution in [0.3, 0.4) is 0 Å². The van der Waals surface area contributed by atoms with Gasteiger partial charge in [-0.3, -0.25) is 0 Å². The molecule has 2 N–H and O–H groups in total. The van der Waals surface area contributed by atoms with Crippen LogP contribution in [0, 0.1) is 6.92 Å². The third kappa shape index (κ3) is 6.06. The Hall–Kier alpha value is -2.02. The van der Waals surface area contributed by atoms with Crippen LogP contribution in [0.15, 0.2) is 30.3 Å². The molecule has 0 radical (unpaired) electrons. The molecule has 0 unspecified atom stereocenters. The Morgan fingerprint density at radius 3 is 2.62 bits per heavy atom. The molecule has 0 fully saturated rings. The van der Waals surface area contributed by atoms with Gasteiger partial charge in [0.2, 0.25) is 0 Å². The van der Waals surface area contributed by atoms with E-state index in [1.165, 1.54) is 24.1 Å². The molecular formula is C24H30Cl2N4OS. The molecule has 0 aliphatic heterocycles. The SMILES string of the molecule is CCCCCc1ccc(-c2c(C)c(CNC(=O)NCCC)nn2-c2ccc(Cl)cc2Cl)s1. The van der Waals surface area contributed by atoms with Crippen molar-refractivity contribution in [2.24, 2.45) is 0 Å². The first-order valence-electron chi connectivity index (χ1n) is 11.1. The van der Waals surface area contributed by atoms with Crippen molar-refractivity contribution < 1.29 is 4.79 Å². The van der Waals surface area contributed by atoms with Crippen LogP contribution in [0.4, 0.5) is 4.79 Å². The van der Waals surface area contributed by atoms with Crippen molar-refractivity contribution in [3.63, 3.8) is 0 Å². The van der Waals surface area contributed by atoms with Crippen molar-refractivity contribution >= 4 is 40.6 Å². The highest BCUT2D eigenvalue weighted by Crippen LogP contribution is 2.36. The van der Waals surface area contributed by atoms with E-state index < -0.39 is 0 Å². The van der Waals surface area contributed by atoms with Gasteiger partial charge < -0.3 is 10.6 Å². The van der Waals surface area contributed by atoms with E-state index in [0.29, 0.717) is 23.1 Å². The summed E-state index contributed by atoms with van der Waals surface area (Å²) in [5.74, 6) is 0. The van der Waals surface area contributed by atoms with E-state index in [-0.39, 0.29) is 6.03 Å². The second kappa shape index (κ2) is 11.7. The first kappa shape index (κ1) is 24.6. The molecular weight excluding hydrogens is 463 g/mol. The number of aryl methyl sites for hydroxylation is 1. The number of halogens is 2. The summed E-state index contributed by atoms with van der Waals surface area (Å²) < 4.78 is 1.87. The maximum absolute atomic E-state index is 12.0. The molecule has 3 aromatic rings. The lowest BCUT2D eigenvalue weighted by atomic mass is 10.1. The van der Waals surface area contributed by atoms with E-state index in [0.717, 1.165) is 40.4 Å². The molecule has 0 bridgehead atoms. The topological polar surface area (TPSA) is 59.0 Å². The number of hydrogen-bond donors (Lipinski definition) is 2. The molecule has 2 aromatic heterocycles. The van der Waals surface area contributed by atoms with Crippen LogP contribution >= 0.6 is 34.5 Å². The van der Waals surface area contributed by atoms with Crippen molar-refractivity contribution in [2.75, 3.05) is 6.54 Å². The highest BCUT2D eigenvalue weighted by Gasteiger charge is 2.21. The van der Waals surface area contributed by atoms with Crippen molar-refractivity contribution in [2.45, 2.75) is 59.4 Å². The van der Waals surface area contributed by atoms with E-state index in [9.17, 15) is 4.79 Å². The fraction of sp³-hybridized carbons (Fsp3) is 0.417. The summed E-state index contributed by atoms with van der Waals surface area (Å²) in [6.07, 6.45) is 5.61. The van der Waals surface area contributed by atoms with Crippen molar-refractivity contribution in [1.82, 2.24) is 20.4 Å². The molecule has 0 saturated carbocycles. The first-order valence-corrected chi connectivity index (χ1v) is 12.7. The summed E-state index contributed by atoms with van der Waals surface area (Å²) in [6.45, 7) is 7.25. The van der Waals surface area contributed by atoms with Crippen LogP contribution < -0.4 is 10.6 Å². The second-order valence-electron chi connectivity index (χ2n) is 7.76. The second-order valence-corrected chi connectivity index (χ2v) is 9.77. The molecule has 32 heavy (non-hydrogen) atoms. The number of aromatic nitrogens is 2. The van der Waals surface area contributed by atoms with Crippen molar-refractivity contribution in [3.8, 4) is 16.3 Å². The molecule has 172 valence electrons. The Bertz CT molecular complexity index is 1060. The molecule has 2 amide bonds. The number of urea groups is 1. The van der Waals surface area contributed by atoms with Crippen LogP contribution in [-0.2, 0) is 13.0 Å². The highest BCUT2D eigenvalue weighted by atomic mass is 35.5. The lowest BCUT2D eigenvalue weighted by molar-refractivity contribution is 0.240. The molecule has 0 saturated heterocycles. The summed E-state index contributed by atoms with van der Waals surface area (Å²) in [6, 6.07) is 9.57. The predicted octanol–water partition coefficient (Wildman–Crippen LogP) is 7.16. The minimum atomic E-state index is -0.193. The maximum atomic E-state index is 12.0. The third-order valence-corrected chi connectivity index (χ3v) is 6.92. The number of carbonyl (C=O) groups is 1. The monoisotopic (exact) mass is 492 g/mol. The van der Waals surface area contributed by atoms with Gasteiger partial charge in [-0.25, -0.2) is 9.48 Å². The van der Waals surface area contributed by atoms with Crippen molar-refractivity contribution in [1.29, 1.82) is 0 Å². The Kier molecular flexibility index (Phi) is 9.02. The van der Waals surface area contributed by atoms with Crippen LogP contribution in [0.25, 0.3) is 16.3 Å². The fourth-order valence-electron chi connectivity index (χ4n) is 3.48. The van der Waals surface area contributed by atoms with Gasteiger partial charge in [0.1, 0.15) is 0 Å². The first-order chi connectivity index (χ1) is 15.4. The van der Waals surface area contributed by atoms with Gasteiger partial charge in [0.25, 0.3) is 0 Å².